The zero-order chi connectivity index (χ0) is 31.7. The molecule has 4 aromatic rings. The van der Waals surface area contributed by atoms with Gasteiger partial charge >= 0.3 is 12.2 Å². The topological polar surface area (TPSA) is 124 Å². The lowest BCUT2D eigenvalue weighted by atomic mass is 9.93. The molecule has 3 aliphatic rings. The number of hydrogen-bond donors (Lipinski definition) is 3. The van der Waals surface area contributed by atoms with E-state index in [0.717, 1.165) is 43.2 Å². The number of nitrogens with one attached hydrogen (secondary N) is 1. The molecule has 2 unspecified atom stereocenters. The van der Waals surface area contributed by atoms with Crippen LogP contribution in [0.15, 0.2) is 23.6 Å². The van der Waals surface area contributed by atoms with Gasteiger partial charge in [-0.1, -0.05) is 0 Å². The van der Waals surface area contributed by atoms with E-state index in [-0.39, 0.29) is 70.2 Å². The average Bonchev–Trinajstić information content (AvgIpc) is 3.71. The molecule has 2 aromatic carbocycles. The summed E-state index contributed by atoms with van der Waals surface area (Å²) < 4.78 is 68.0. The highest BCUT2D eigenvalue weighted by Crippen LogP contribution is 2.47. The quantitative estimate of drug-likeness (QED) is 0.199. The Labute approximate surface area is 260 Å². The third-order valence-corrected chi connectivity index (χ3v) is 10.5. The molecule has 45 heavy (non-hydrogen) atoms. The summed E-state index contributed by atoms with van der Waals surface area (Å²) in [7, 11) is 1.88. The van der Waals surface area contributed by atoms with E-state index in [1.54, 1.807) is 6.07 Å². The summed E-state index contributed by atoms with van der Waals surface area (Å²) in [5.74, 6) is -1.02. The number of alkyl halides is 3. The molecule has 3 aliphatic heterocycles. The highest BCUT2D eigenvalue weighted by molar-refractivity contribution is 7.17. The fraction of sp³-hybridized carbons (Fsp3) is 0.452. The molecule has 0 radical (unpaired) electrons. The predicted octanol–water partition coefficient (Wildman–Crippen LogP) is 4.90. The summed E-state index contributed by atoms with van der Waals surface area (Å²) in [6, 6.07) is 6.07. The third-order valence-electron chi connectivity index (χ3n) is 9.58. The van der Waals surface area contributed by atoms with Crippen molar-refractivity contribution in [3.05, 3.63) is 40.5 Å². The number of nitrogens with two attached hydrogens (primary N) is 1. The van der Waals surface area contributed by atoms with Crippen LogP contribution < -0.4 is 20.7 Å². The van der Waals surface area contributed by atoms with Crippen molar-refractivity contribution in [2.45, 2.75) is 49.5 Å². The van der Waals surface area contributed by atoms with Crippen molar-refractivity contribution in [1.82, 2.24) is 20.2 Å². The lowest BCUT2D eigenvalue weighted by Gasteiger charge is -2.35. The van der Waals surface area contributed by atoms with Gasteiger partial charge in [-0.15, -0.1) is 11.3 Å². The van der Waals surface area contributed by atoms with Crippen LogP contribution in [0.5, 0.6) is 6.01 Å². The number of likely N-dealkylation sites (tertiary alicyclic amines) is 1. The Morgan fingerprint density at radius 3 is 2.64 bits per heavy atom. The second-order valence-electron chi connectivity index (χ2n) is 12.2. The Morgan fingerprint density at radius 2 is 2.00 bits per heavy atom. The van der Waals surface area contributed by atoms with Gasteiger partial charge in [0.15, 0.2) is 5.82 Å². The molecule has 3 atom stereocenters. The summed E-state index contributed by atoms with van der Waals surface area (Å²) in [5, 5.41) is 25.1. The second-order valence-corrected chi connectivity index (χ2v) is 13.2. The first kappa shape index (κ1) is 29.9. The molecule has 5 heterocycles. The monoisotopic (exact) mass is 641 g/mol. The second kappa shape index (κ2) is 10.9. The molecule has 0 saturated carbocycles. The number of hydrogen-bond acceptors (Lipinski definition) is 10. The molecule has 2 bridgehead atoms. The molecular weight excluding hydrogens is 610 g/mol. The minimum Gasteiger partial charge on any atom is -0.461 e. The van der Waals surface area contributed by atoms with Crippen LogP contribution in [-0.4, -0.2) is 77.5 Å². The Balaban J connectivity index is 1.46. The van der Waals surface area contributed by atoms with Gasteiger partial charge in [-0.2, -0.15) is 28.4 Å². The lowest BCUT2D eigenvalue weighted by molar-refractivity contribution is -0.137. The standard InChI is InChI=1S/C31H31F4N7O2S/c1-41-8-2-7-30(41,14-43)15-44-29-39-27-18(28(40-29)42-11-16-3-4-17(12-42)38-16)9-21(31(33,34)35)25(26(27)32)20-13-45-23-6-5-22(37)19(10-36)24(20)23/h5-6,9,13,16-17,38,43H,2-4,7-8,11-12,14-15,37H2,1H3/t16?,17?,30-/m1/s1. The van der Waals surface area contributed by atoms with Crippen molar-refractivity contribution < 1.29 is 27.4 Å². The number of nitrogen functional groups attached to an aromatic ring is 1. The minimum atomic E-state index is -4.94. The van der Waals surface area contributed by atoms with Crippen molar-refractivity contribution in [1.29, 1.82) is 5.26 Å². The zero-order valence-electron chi connectivity index (χ0n) is 24.4. The summed E-state index contributed by atoms with van der Waals surface area (Å²) >= 11 is 1.10. The Hall–Kier alpha value is -3.77. The number of ether oxygens (including phenoxy) is 1. The van der Waals surface area contributed by atoms with Gasteiger partial charge in [0.2, 0.25) is 0 Å². The molecule has 7 rings (SSSR count). The number of aliphatic hydroxyl groups is 1. The number of fused-ring (bicyclic) bond motifs is 4. The Kier molecular flexibility index (Phi) is 7.27. The van der Waals surface area contributed by atoms with E-state index < -0.39 is 28.7 Å². The molecular formula is C31H31F4N7O2S. The van der Waals surface area contributed by atoms with Crippen molar-refractivity contribution in [3.63, 3.8) is 0 Å². The summed E-state index contributed by atoms with van der Waals surface area (Å²) in [4.78, 5) is 12.8. The van der Waals surface area contributed by atoms with Crippen molar-refractivity contribution in [2.75, 3.05) is 50.5 Å². The molecule has 4 N–H and O–H groups in total. The molecule has 0 aliphatic carbocycles. The maximum atomic E-state index is 16.9. The normalized spacial score (nSPS) is 23.7. The van der Waals surface area contributed by atoms with Crippen LogP contribution in [0, 0.1) is 17.1 Å². The number of likely N-dealkylation sites (N-methyl/N-ethyl adjacent to an activating group) is 1. The van der Waals surface area contributed by atoms with Crippen LogP contribution in [0.4, 0.5) is 29.1 Å². The number of nitrogens with zero attached hydrogens (tertiary/aromatic N) is 5. The van der Waals surface area contributed by atoms with E-state index in [1.165, 1.54) is 11.4 Å². The van der Waals surface area contributed by atoms with Crippen molar-refractivity contribution >= 4 is 43.8 Å². The van der Waals surface area contributed by atoms with Gasteiger partial charge in [0, 0.05) is 51.8 Å². The van der Waals surface area contributed by atoms with E-state index >= 15 is 4.39 Å². The van der Waals surface area contributed by atoms with E-state index in [9.17, 15) is 23.5 Å². The fourth-order valence-corrected chi connectivity index (χ4v) is 8.06. The Morgan fingerprint density at radius 1 is 1.24 bits per heavy atom. The highest BCUT2D eigenvalue weighted by Gasteiger charge is 2.41. The van der Waals surface area contributed by atoms with Crippen molar-refractivity contribution in [2.24, 2.45) is 0 Å². The number of thiophene rings is 1. The molecule has 2 aromatic heterocycles. The molecule has 9 nitrogen and oxygen atoms in total. The van der Waals surface area contributed by atoms with Gasteiger partial charge in [-0.25, -0.2) is 4.39 Å². The Bertz CT molecular complexity index is 1850. The van der Waals surface area contributed by atoms with E-state index in [2.05, 4.69) is 15.3 Å². The molecule has 14 heteroatoms. The molecule has 0 spiro atoms. The first-order valence-electron chi connectivity index (χ1n) is 14.8. The number of aliphatic hydroxyl groups excluding tert-OH is 1. The van der Waals surface area contributed by atoms with Gasteiger partial charge in [-0.05, 0) is 62.9 Å². The van der Waals surface area contributed by atoms with Crippen LogP contribution >= 0.6 is 11.3 Å². The van der Waals surface area contributed by atoms with Crippen LogP contribution in [0.25, 0.3) is 32.1 Å². The van der Waals surface area contributed by atoms with Gasteiger partial charge in [-0.3, -0.25) is 4.90 Å². The van der Waals surface area contributed by atoms with Crippen molar-refractivity contribution in [3.8, 4) is 23.2 Å². The summed E-state index contributed by atoms with van der Waals surface area (Å²) in [5.41, 5.74) is 3.11. The zero-order valence-corrected chi connectivity index (χ0v) is 25.2. The van der Waals surface area contributed by atoms with Crippen LogP contribution in [0.2, 0.25) is 0 Å². The van der Waals surface area contributed by atoms with Gasteiger partial charge in [0.05, 0.1) is 29.0 Å². The number of aromatic nitrogens is 2. The van der Waals surface area contributed by atoms with Gasteiger partial charge in [0.25, 0.3) is 0 Å². The smallest absolute Gasteiger partial charge is 0.417 e. The SMILES string of the molecule is CN1CCC[C@@]1(CO)COc1nc(N2CC3CCC(C2)N3)c2cc(C(F)(F)F)c(-c3csc4ccc(N)c(C#N)c34)c(F)c2n1. The number of benzene rings is 2. The van der Waals surface area contributed by atoms with E-state index in [1.807, 2.05) is 22.9 Å². The molecule has 3 fully saturated rings. The summed E-state index contributed by atoms with van der Waals surface area (Å²) in [6.45, 7) is 1.58. The highest BCUT2D eigenvalue weighted by atomic mass is 32.1. The first-order valence-corrected chi connectivity index (χ1v) is 15.7. The summed E-state index contributed by atoms with van der Waals surface area (Å²) in [6.07, 6.45) is -1.58. The minimum absolute atomic E-state index is 0.0185. The lowest BCUT2D eigenvalue weighted by Crippen LogP contribution is -2.51. The number of piperazine rings is 1. The first-order chi connectivity index (χ1) is 21.5. The van der Waals surface area contributed by atoms with Crippen LogP contribution in [0.3, 0.4) is 0 Å². The van der Waals surface area contributed by atoms with Gasteiger partial charge < -0.3 is 25.8 Å². The van der Waals surface area contributed by atoms with E-state index in [4.69, 9.17) is 10.5 Å². The predicted molar refractivity (Wildman–Crippen MR) is 164 cm³/mol. The van der Waals surface area contributed by atoms with Crippen LogP contribution in [-0.2, 0) is 6.18 Å². The molecule has 0 amide bonds. The number of rotatable bonds is 6. The van der Waals surface area contributed by atoms with Gasteiger partial charge in [0.1, 0.15) is 24.0 Å². The van der Waals surface area contributed by atoms with Crippen LogP contribution in [0.1, 0.15) is 36.8 Å². The number of anilines is 2. The third kappa shape index (κ3) is 4.93. The molecule has 3 saturated heterocycles. The average molecular weight is 642 g/mol. The fourth-order valence-electron chi connectivity index (χ4n) is 7.10. The number of halogens is 4. The number of nitriles is 1. The van der Waals surface area contributed by atoms with E-state index in [0.29, 0.717) is 24.2 Å². The largest absolute Gasteiger partial charge is 0.461 e. The maximum absolute atomic E-state index is 16.9. The maximum Gasteiger partial charge on any atom is 0.417 e. The molecule has 236 valence electrons.